The van der Waals surface area contributed by atoms with Crippen LogP contribution in [0.25, 0.3) is 0 Å². The Hall–Kier alpha value is -3.42. The average molecular weight is 402 g/mol. The molecule has 0 aromatic heterocycles. The van der Waals surface area contributed by atoms with Crippen molar-refractivity contribution in [2.24, 2.45) is 33.7 Å². The molecule has 14 nitrogen and oxygen atoms in total. The molecule has 0 rings (SSSR count). The summed E-state index contributed by atoms with van der Waals surface area (Å²) in [7, 11) is 0. The number of rotatable bonds is 13. The maximum atomic E-state index is 12.2. The highest BCUT2D eigenvalue weighted by molar-refractivity contribution is 5.95. The number of aliphatic carboxylic acids is 1. The number of carbonyl (C=O) groups is 5. The van der Waals surface area contributed by atoms with Crippen molar-refractivity contribution in [3.05, 3.63) is 0 Å². The Morgan fingerprint density at radius 2 is 1.36 bits per heavy atom. The molecule has 158 valence electrons. The van der Waals surface area contributed by atoms with Crippen LogP contribution >= 0.6 is 0 Å². The highest BCUT2D eigenvalue weighted by Gasteiger charge is 2.29. The van der Waals surface area contributed by atoms with Crippen LogP contribution in [0.2, 0.25) is 0 Å². The largest absolute Gasteiger partial charge is 0.480 e. The first kappa shape index (κ1) is 24.6. The van der Waals surface area contributed by atoms with E-state index in [-0.39, 0.29) is 18.9 Å². The zero-order valence-electron chi connectivity index (χ0n) is 15.1. The smallest absolute Gasteiger partial charge is 0.326 e. The number of hydrogen-bond donors (Lipinski definition) is 8. The minimum Gasteiger partial charge on any atom is -0.480 e. The third-order valence-corrected chi connectivity index (χ3v) is 3.36. The molecule has 0 aliphatic rings. The van der Waals surface area contributed by atoms with Crippen LogP contribution < -0.4 is 39.3 Å². The molecule has 0 aliphatic heterocycles. The predicted octanol–water partition coefficient (Wildman–Crippen LogP) is -4.83. The monoisotopic (exact) mass is 402 g/mol. The van der Waals surface area contributed by atoms with Gasteiger partial charge >= 0.3 is 5.97 Å². The molecule has 13 N–H and O–H groups in total. The van der Waals surface area contributed by atoms with E-state index in [0.29, 0.717) is 6.42 Å². The molecule has 0 aromatic carbocycles. The van der Waals surface area contributed by atoms with Gasteiger partial charge in [-0.15, -0.1) is 0 Å². The molecular formula is C14H26N8O6. The van der Waals surface area contributed by atoms with Crippen molar-refractivity contribution in [2.45, 2.75) is 43.8 Å². The Bertz CT molecular complexity index is 633. The van der Waals surface area contributed by atoms with Gasteiger partial charge in [-0.2, -0.15) is 0 Å². The number of carboxylic acid groups (broad SMARTS) is 1. The molecule has 0 spiro atoms. The molecule has 0 fully saturated rings. The van der Waals surface area contributed by atoms with Crippen molar-refractivity contribution < 1.29 is 29.1 Å². The fraction of sp³-hybridized carbons (Fsp3) is 0.571. The molecule has 3 atom stereocenters. The van der Waals surface area contributed by atoms with E-state index in [4.69, 9.17) is 33.8 Å². The first-order chi connectivity index (χ1) is 12.9. The molecule has 0 saturated carbocycles. The quantitative estimate of drug-likeness (QED) is 0.0831. The van der Waals surface area contributed by atoms with Crippen molar-refractivity contribution in [3.63, 3.8) is 0 Å². The van der Waals surface area contributed by atoms with Gasteiger partial charge in [-0.1, -0.05) is 0 Å². The van der Waals surface area contributed by atoms with Gasteiger partial charge in [-0.05, 0) is 12.8 Å². The second-order valence-corrected chi connectivity index (χ2v) is 5.86. The van der Waals surface area contributed by atoms with E-state index < -0.39 is 60.6 Å². The van der Waals surface area contributed by atoms with Gasteiger partial charge in [0.1, 0.15) is 12.1 Å². The van der Waals surface area contributed by atoms with E-state index in [1.807, 2.05) is 5.32 Å². The normalized spacial score (nSPS) is 13.5. The van der Waals surface area contributed by atoms with E-state index in [1.165, 1.54) is 0 Å². The molecule has 0 aromatic rings. The number of amides is 4. The Kier molecular flexibility index (Phi) is 10.6. The molecule has 0 bridgehead atoms. The third-order valence-electron chi connectivity index (χ3n) is 3.36. The average Bonchev–Trinajstić information content (AvgIpc) is 2.55. The lowest BCUT2D eigenvalue weighted by Gasteiger charge is -2.21. The van der Waals surface area contributed by atoms with Crippen LogP contribution in [-0.2, 0) is 24.0 Å². The molecule has 4 amide bonds. The third kappa shape index (κ3) is 10.5. The Morgan fingerprint density at radius 3 is 1.82 bits per heavy atom. The minimum atomic E-state index is -1.63. The summed E-state index contributed by atoms with van der Waals surface area (Å²) in [6.45, 7) is 0.238. The van der Waals surface area contributed by atoms with Crippen LogP contribution in [-0.4, -0.2) is 65.3 Å². The molecule has 14 heteroatoms. The molecule has 28 heavy (non-hydrogen) atoms. The number of primary amides is 2. The van der Waals surface area contributed by atoms with Crippen molar-refractivity contribution in [1.82, 2.24) is 10.6 Å². The zero-order valence-corrected chi connectivity index (χ0v) is 15.1. The SMILES string of the molecule is NC(=O)C[C@H](NC(=O)[C@H](CC(N)=O)NC(=O)[C@@H](N)CCCN=C(N)N)C(=O)O. The number of nitrogens with zero attached hydrogens (tertiary/aromatic N) is 1. The standard InChI is InChI=1S/C14H26N8O6/c15-6(2-1-3-20-14(18)19)11(25)21-7(4-9(16)23)12(26)22-8(13(27)28)5-10(17)24/h6-8H,1-5,15H2,(H2,16,23)(H2,17,24)(H,21,25)(H,22,26)(H,27,28)(H4,18,19,20)/t6-,7-,8-/m0/s1. The molecule has 0 heterocycles. The summed E-state index contributed by atoms with van der Waals surface area (Å²) in [5.74, 6) is -5.33. The number of nitrogens with two attached hydrogens (primary N) is 5. The van der Waals surface area contributed by atoms with Crippen LogP contribution in [0, 0.1) is 0 Å². The highest BCUT2D eigenvalue weighted by Crippen LogP contribution is 2.01. The number of hydrogen-bond acceptors (Lipinski definition) is 7. The van der Waals surface area contributed by atoms with Gasteiger partial charge < -0.3 is 44.4 Å². The van der Waals surface area contributed by atoms with Crippen LogP contribution in [0.4, 0.5) is 0 Å². The molecule has 0 saturated heterocycles. The Balaban J connectivity index is 4.95. The van der Waals surface area contributed by atoms with E-state index in [2.05, 4.69) is 10.3 Å². The lowest BCUT2D eigenvalue weighted by atomic mass is 10.1. The maximum Gasteiger partial charge on any atom is 0.326 e. The highest BCUT2D eigenvalue weighted by atomic mass is 16.4. The number of carbonyl (C=O) groups excluding carboxylic acids is 4. The number of aliphatic imine (C=N–C) groups is 1. The summed E-state index contributed by atoms with van der Waals surface area (Å²) in [5, 5.41) is 13.3. The van der Waals surface area contributed by atoms with Gasteiger partial charge in [0.25, 0.3) is 0 Å². The summed E-state index contributed by atoms with van der Waals surface area (Å²) in [4.78, 5) is 61.2. The molecule has 0 unspecified atom stereocenters. The van der Waals surface area contributed by atoms with Gasteiger partial charge in [0.2, 0.25) is 23.6 Å². The van der Waals surface area contributed by atoms with Crippen LogP contribution in [0.1, 0.15) is 25.7 Å². The number of guanidine groups is 1. The van der Waals surface area contributed by atoms with Crippen molar-refractivity contribution in [1.29, 1.82) is 0 Å². The van der Waals surface area contributed by atoms with Gasteiger partial charge in [-0.3, -0.25) is 24.2 Å². The topological polar surface area (TPSA) is 272 Å². The van der Waals surface area contributed by atoms with Gasteiger partial charge in [-0.25, -0.2) is 4.79 Å². The van der Waals surface area contributed by atoms with Gasteiger partial charge in [0.05, 0.1) is 18.9 Å². The lowest BCUT2D eigenvalue weighted by Crippen LogP contribution is -2.55. The summed E-state index contributed by atoms with van der Waals surface area (Å²) >= 11 is 0. The summed E-state index contributed by atoms with van der Waals surface area (Å²) in [5.41, 5.74) is 26.0. The molecular weight excluding hydrogens is 376 g/mol. The zero-order chi connectivity index (χ0) is 21.9. The fourth-order valence-corrected chi connectivity index (χ4v) is 2.01. The molecule has 0 aliphatic carbocycles. The Labute approximate surface area is 160 Å². The fourth-order valence-electron chi connectivity index (χ4n) is 2.01. The minimum absolute atomic E-state index is 0.111. The lowest BCUT2D eigenvalue weighted by molar-refractivity contribution is -0.143. The first-order valence-electron chi connectivity index (χ1n) is 8.15. The van der Waals surface area contributed by atoms with Crippen LogP contribution in [0.15, 0.2) is 4.99 Å². The van der Waals surface area contributed by atoms with Crippen molar-refractivity contribution in [2.75, 3.05) is 6.54 Å². The predicted molar refractivity (Wildman–Crippen MR) is 97.0 cm³/mol. The van der Waals surface area contributed by atoms with E-state index in [1.54, 1.807) is 0 Å². The van der Waals surface area contributed by atoms with Gasteiger partial charge in [0, 0.05) is 6.54 Å². The van der Waals surface area contributed by atoms with Crippen LogP contribution in [0.5, 0.6) is 0 Å². The number of nitrogens with one attached hydrogen (secondary N) is 2. The summed E-state index contributed by atoms with van der Waals surface area (Å²) in [6.07, 6.45) is -0.740. The summed E-state index contributed by atoms with van der Waals surface area (Å²) < 4.78 is 0. The Morgan fingerprint density at radius 1 is 0.857 bits per heavy atom. The second kappa shape index (κ2) is 12.1. The first-order valence-corrected chi connectivity index (χ1v) is 8.15. The van der Waals surface area contributed by atoms with Crippen LogP contribution in [0.3, 0.4) is 0 Å². The molecule has 0 radical (unpaired) electrons. The second-order valence-electron chi connectivity index (χ2n) is 5.86. The van der Waals surface area contributed by atoms with Crippen molar-refractivity contribution in [3.8, 4) is 0 Å². The summed E-state index contributed by atoms with van der Waals surface area (Å²) in [6, 6.07) is -4.16. The van der Waals surface area contributed by atoms with E-state index in [9.17, 15) is 24.0 Å². The van der Waals surface area contributed by atoms with Crippen molar-refractivity contribution >= 4 is 35.6 Å². The van der Waals surface area contributed by atoms with E-state index >= 15 is 0 Å². The van der Waals surface area contributed by atoms with Gasteiger partial charge in [0.15, 0.2) is 5.96 Å². The number of carboxylic acids is 1. The maximum absolute atomic E-state index is 12.2. The van der Waals surface area contributed by atoms with E-state index in [0.717, 1.165) is 0 Å².